The summed E-state index contributed by atoms with van der Waals surface area (Å²) in [6.07, 6.45) is -6.05. The van der Waals surface area contributed by atoms with Gasteiger partial charge in [0.1, 0.15) is 58.7 Å². The van der Waals surface area contributed by atoms with Gasteiger partial charge in [0.05, 0.1) is 13.0 Å². The summed E-state index contributed by atoms with van der Waals surface area (Å²) in [5.41, 5.74) is 1.16. The van der Waals surface area contributed by atoms with Crippen LogP contribution in [0.1, 0.15) is 34.0 Å². The lowest BCUT2D eigenvalue weighted by Crippen LogP contribution is -2.61. The first-order valence-corrected chi connectivity index (χ1v) is 13.0. The molecule has 0 saturated carbocycles. The number of phenols is 3. The van der Waals surface area contributed by atoms with Gasteiger partial charge in [-0.05, 0) is 41.5 Å². The van der Waals surface area contributed by atoms with Crippen molar-refractivity contribution in [2.45, 2.75) is 43.2 Å². The lowest BCUT2D eigenvalue weighted by molar-refractivity contribution is -0.280. The smallest absolute Gasteiger partial charge is 0.331 e. The summed E-state index contributed by atoms with van der Waals surface area (Å²) in [6, 6.07) is 14.5. The molecule has 0 aliphatic carbocycles. The third kappa shape index (κ3) is 6.16. The number of phenolic OH excluding ortho intramolecular Hbond substituents is 3. The minimum atomic E-state index is -1.75. The number of aliphatic hydroxyl groups is 3. The molecule has 0 spiro atoms. The number of aromatic hydroxyl groups is 3. The van der Waals surface area contributed by atoms with Gasteiger partial charge in [0.25, 0.3) is 0 Å². The van der Waals surface area contributed by atoms with E-state index in [9.17, 15) is 40.2 Å². The highest BCUT2D eigenvalue weighted by Gasteiger charge is 2.47. The molecule has 0 bridgehead atoms. The Bertz CT molecular complexity index is 1460. The van der Waals surface area contributed by atoms with Gasteiger partial charge in [-0.25, -0.2) is 4.79 Å². The SMILES string of the molecule is O=C(/C=C/c1ccc(O)cc1)O[C@@H]1[C@@H](O)[C@H](O)[C@@H](Oc2cc(O)c3c(c2)O[C@@H](c2ccc(O)cc2)CC3=O)O[C@H]1CO. The van der Waals surface area contributed by atoms with Gasteiger partial charge in [0.15, 0.2) is 11.9 Å². The Labute approximate surface area is 239 Å². The van der Waals surface area contributed by atoms with E-state index in [2.05, 4.69) is 0 Å². The van der Waals surface area contributed by atoms with E-state index in [0.717, 1.165) is 12.1 Å². The zero-order chi connectivity index (χ0) is 30.0. The molecule has 6 atom stereocenters. The maximum atomic E-state index is 12.8. The molecule has 2 heterocycles. The van der Waals surface area contributed by atoms with Crippen molar-refractivity contribution in [3.05, 3.63) is 83.4 Å². The minimum Gasteiger partial charge on any atom is -0.508 e. The molecule has 0 amide bonds. The Balaban J connectivity index is 1.28. The third-order valence-corrected chi connectivity index (χ3v) is 6.87. The third-order valence-electron chi connectivity index (χ3n) is 6.87. The number of carbonyl (C=O) groups is 2. The minimum absolute atomic E-state index is 0.0103. The molecule has 5 rings (SSSR count). The fourth-order valence-corrected chi connectivity index (χ4v) is 4.71. The van der Waals surface area contributed by atoms with Crippen molar-refractivity contribution in [2.24, 2.45) is 0 Å². The molecule has 1 saturated heterocycles. The van der Waals surface area contributed by atoms with E-state index in [1.807, 2.05) is 0 Å². The Hall–Kier alpha value is -4.62. The number of carbonyl (C=O) groups excluding carboxylic acids is 2. The van der Waals surface area contributed by atoms with Gasteiger partial charge in [-0.2, -0.15) is 0 Å². The Morgan fingerprint density at radius 1 is 0.952 bits per heavy atom. The van der Waals surface area contributed by atoms with Crippen LogP contribution in [0.2, 0.25) is 0 Å². The number of esters is 1. The number of rotatable bonds is 7. The van der Waals surface area contributed by atoms with Gasteiger partial charge in [-0.1, -0.05) is 24.3 Å². The summed E-state index contributed by atoms with van der Waals surface area (Å²) >= 11 is 0. The molecule has 0 radical (unpaired) electrons. The van der Waals surface area contributed by atoms with Crippen molar-refractivity contribution in [3.63, 3.8) is 0 Å². The number of benzene rings is 3. The summed E-state index contributed by atoms with van der Waals surface area (Å²) in [7, 11) is 0. The second-order valence-electron chi connectivity index (χ2n) is 9.79. The molecular weight excluding hydrogens is 552 g/mol. The standard InChI is InChI=1S/C30H28O12/c31-14-24-29(42-25(36)10-3-15-1-6-17(32)7-2-15)27(37)28(38)30(41-24)39-19-11-20(34)26-21(35)13-22(40-23(26)12-19)16-4-8-18(33)9-5-16/h1-12,22,24,27-34,37-38H,13-14H2/b10-3+/t22-,24+,27+,28+,29+,30+/m1/s1. The van der Waals surface area contributed by atoms with Gasteiger partial charge in [0, 0.05) is 18.2 Å². The summed E-state index contributed by atoms with van der Waals surface area (Å²) in [5.74, 6) is -1.67. The lowest BCUT2D eigenvalue weighted by Gasteiger charge is -2.41. The maximum absolute atomic E-state index is 12.8. The predicted molar refractivity (Wildman–Crippen MR) is 144 cm³/mol. The highest BCUT2D eigenvalue weighted by atomic mass is 16.7. The number of Topliss-reactive ketones (excluding diaryl/α,β-unsaturated/α-hetero) is 1. The zero-order valence-electron chi connectivity index (χ0n) is 21.9. The van der Waals surface area contributed by atoms with Gasteiger partial charge >= 0.3 is 5.97 Å². The molecule has 2 aliphatic heterocycles. The van der Waals surface area contributed by atoms with Crippen LogP contribution in [-0.2, 0) is 14.3 Å². The van der Waals surface area contributed by atoms with Gasteiger partial charge < -0.3 is 49.6 Å². The zero-order valence-corrected chi connectivity index (χ0v) is 21.9. The van der Waals surface area contributed by atoms with E-state index in [0.29, 0.717) is 11.1 Å². The van der Waals surface area contributed by atoms with E-state index in [-0.39, 0.29) is 40.8 Å². The predicted octanol–water partition coefficient (Wildman–Crippen LogP) is 1.95. The summed E-state index contributed by atoms with van der Waals surface area (Å²) in [4.78, 5) is 25.2. The average Bonchev–Trinajstić information content (AvgIpc) is 2.96. The molecule has 12 nitrogen and oxygen atoms in total. The van der Waals surface area contributed by atoms with Crippen molar-refractivity contribution in [1.82, 2.24) is 0 Å². The normalized spacial score (nSPS) is 25.5. The summed E-state index contributed by atoms with van der Waals surface area (Å²) < 4.78 is 22.5. The highest BCUT2D eigenvalue weighted by Crippen LogP contribution is 2.42. The van der Waals surface area contributed by atoms with E-state index >= 15 is 0 Å². The van der Waals surface area contributed by atoms with Crippen LogP contribution in [0.15, 0.2) is 66.7 Å². The number of aliphatic hydroxyl groups excluding tert-OH is 3. The second kappa shape index (κ2) is 12.1. The quantitative estimate of drug-likeness (QED) is 0.176. The van der Waals surface area contributed by atoms with Crippen LogP contribution in [0.4, 0.5) is 0 Å². The maximum Gasteiger partial charge on any atom is 0.331 e. The number of hydrogen-bond acceptors (Lipinski definition) is 12. The van der Waals surface area contributed by atoms with Crippen molar-refractivity contribution >= 4 is 17.8 Å². The Kier molecular flexibility index (Phi) is 8.31. The number of fused-ring (bicyclic) bond motifs is 1. The summed E-state index contributed by atoms with van der Waals surface area (Å²) in [6.45, 7) is -0.704. The van der Waals surface area contributed by atoms with Crippen LogP contribution >= 0.6 is 0 Å². The van der Waals surface area contributed by atoms with Crippen LogP contribution in [0.5, 0.6) is 28.7 Å². The fourth-order valence-electron chi connectivity index (χ4n) is 4.71. The second-order valence-corrected chi connectivity index (χ2v) is 9.79. The number of ketones is 1. The average molecular weight is 581 g/mol. The number of ether oxygens (including phenoxy) is 4. The molecule has 2 aliphatic rings. The molecule has 3 aromatic rings. The molecule has 3 aromatic carbocycles. The molecule has 42 heavy (non-hydrogen) atoms. The lowest BCUT2D eigenvalue weighted by atomic mass is 9.95. The van der Waals surface area contributed by atoms with Crippen LogP contribution in [-0.4, -0.2) is 79.7 Å². The first kappa shape index (κ1) is 28.9. The van der Waals surface area contributed by atoms with E-state index in [4.69, 9.17) is 18.9 Å². The molecule has 220 valence electrons. The highest BCUT2D eigenvalue weighted by molar-refractivity contribution is 6.02. The van der Waals surface area contributed by atoms with Gasteiger partial charge in [0.2, 0.25) is 6.29 Å². The first-order chi connectivity index (χ1) is 20.1. The van der Waals surface area contributed by atoms with Crippen LogP contribution in [0.25, 0.3) is 6.08 Å². The summed E-state index contributed by atoms with van der Waals surface area (Å²) in [5, 5.41) is 60.8. The molecule has 12 heteroatoms. The largest absolute Gasteiger partial charge is 0.508 e. The molecule has 0 aromatic heterocycles. The Morgan fingerprint density at radius 3 is 2.29 bits per heavy atom. The van der Waals surface area contributed by atoms with Gasteiger partial charge in [-0.15, -0.1) is 0 Å². The van der Waals surface area contributed by atoms with Crippen molar-refractivity contribution in [1.29, 1.82) is 0 Å². The van der Waals surface area contributed by atoms with Crippen molar-refractivity contribution in [3.8, 4) is 28.7 Å². The van der Waals surface area contributed by atoms with Crippen LogP contribution in [0, 0.1) is 0 Å². The van der Waals surface area contributed by atoms with Crippen LogP contribution < -0.4 is 9.47 Å². The number of hydrogen-bond donors (Lipinski definition) is 6. The van der Waals surface area contributed by atoms with Crippen molar-refractivity contribution in [2.75, 3.05) is 6.61 Å². The first-order valence-electron chi connectivity index (χ1n) is 13.0. The molecule has 6 N–H and O–H groups in total. The molecule has 1 fully saturated rings. The van der Waals surface area contributed by atoms with E-state index in [1.165, 1.54) is 36.4 Å². The van der Waals surface area contributed by atoms with E-state index < -0.39 is 55.1 Å². The Morgan fingerprint density at radius 2 is 1.62 bits per heavy atom. The molecule has 0 unspecified atom stereocenters. The van der Waals surface area contributed by atoms with Crippen molar-refractivity contribution < 1.29 is 59.2 Å². The van der Waals surface area contributed by atoms with Crippen LogP contribution in [0.3, 0.4) is 0 Å². The topological polar surface area (TPSA) is 192 Å². The monoisotopic (exact) mass is 580 g/mol. The fraction of sp³-hybridized carbons (Fsp3) is 0.267. The van der Waals surface area contributed by atoms with Gasteiger partial charge in [-0.3, -0.25) is 4.79 Å². The molecular formula is C30H28O12. The van der Waals surface area contributed by atoms with E-state index in [1.54, 1.807) is 24.3 Å².